The molecule has 4 unspecified atom stereocenters. The quantitative estimate of drug-likeness (QED) is 0.470. The predicted octanol–water partition coefficient (Wildman–Crippen LogP) is 4.73. The van der Waals surface area contributed by atoms with Crippen LogP contribution in [0.5, 0.6) is 0 Å². The standard InChI is InChI=1S/C23H18ClF3N4O2S/c24-19(25)21(33)31(15-5-3-13(4-6-15)16-2-1-7-34-16)18(14-9-28-12-29-10-14)20(32)30-17-8-22(17)11-23(22,26)27/h1-7,9-10,12,17-19H,8,11H2,(H,30,32). The number of benzene rings is 1. The van der Waals surface area contributed by atoms with E-state index in [9.17, 15) is 22.8 Å². The SMILES string of the molecule is O=C(NC1CC12CC2(F)F)C(c1cncnc1)N(C(=O)C(F)Cl)c1ccc(-c2cccs2)cc1. The average molecular weight is 507 g/mol. The monoisotopic (exact) mass is 506 g/mol. The Morgan fingerprint density at radius 3 is 2.38 bits per heavy atom. The number of alkyl halides is 4. The Kier molecular flexibility index (Phi) is 5.60. The molecule has 3 aromatic rings. The van der Waals surface area contributed by atoms with Crippen LogP contribution in [0.15, 0.2) is 60.5 Å². The maximum Gasteiger partial charge on any atom is 0.278 e. The van der Waals surface area contributed by atoms with Crippen LogP contribution in [0, 0.1) is 5.41 Å². The van der Waals surface area contributed by atoms with Gasteiger partial charge in [0, 0.05) is 41.0 Å². The number of hydrogen-bond donors (Lipinski definition) is 1. The fourth-order valence-electron chi connectivity index (χ4n) is 4.30. The Balaban J connectivity index is 1.50. The second kappa shape index (κ2) is 8.35. The summed E-state index contributed by atoms with van der Waals surface area (Å²) in [5, 5.41) is 4.53. The molecule has 176 valence electrons. The summed E-state index contributed by atoms with van der Waals surface area (Å²) in [6.45, 7) is 0. The maximum absolute atomic E-state index is 14.1. The third kappa shape index (κ3) is 3.94. The summed E-state index contributed by atoms with van der Waals surface area (Å²) in [6.07, 6.45) is 3.72. The number of nitrogens with zero attached hydrogens (tertiary/aromatic N) is 3. The number of amides is 2. The number of halogens is 4. The normalized spacial score (nSPS) is 23.7. The summed E-state index contributed by atoms with van der Waals surface area (Å²) in [5.74, 6) is -4.73. The zero-order valence-corrected chi connectivity index (χ0v) is 19.1. The molecule has 2 fully saturated rings. The van der Waals surface area contributed by atoms with E-state index < -0.39 is 40.9 Å². The van der Waals surface area contributed by atoms with Gasteiger partial charge in [-0.25, -0.2) is 23.1 Å². The van der Waals surface area contributed by atoms with Crippen LogP contribution in [0.3, 0.4) is 0 Å². The lowest BCUT2D eigenvalue weighted by atomic mass is 10.1. The average Bonchev–Trinajstić information content (AvgIpc) is 3.50. The number of thiophene rings is 1. The van der Waals surface area contributed by atoms with Crippen molar-refractivity contribution in [1.29, 1.82) is 0 Å². The number of carbonyl (C=O) groups excluding carboxylic acids is 2. The van der Waals surface area contributed by atoms with E-state index in [1.54, 1.807) is 24.3 Å². The van der Waals surface area contributed by atoms with E-state index in [1.807, 2.05) is 17.5 Å². The molecule has 1 N–H and O–H groups in total. The predicted molar refractivity (Wildman–Crippen MR) is 121 cm³/mol. The molecule has 5 rings (SSSR count). The first-order chi connectivity index (χ1) is 16.2. The number of carbonyl (C=O) groups is 2. The van der Waals surface area contributed by atoms with Gasteiger partial charge in [-0.05, 0) is 35.6 Å². The molecule has 2 saturated carbocycles. The van der Waals surface area contributed by atoms with Gasteiger partial charge in [-0.3, -0.25) is 14.5 Å². The van der Waals surface area contributed by atoms with Gasteiger partial charge < -0.3 is 5.32 Å². The molecule has 2 amide bonds. The lowest BCUT2D eigenvalue weighted by Crippen LogP contribution is -2.47. The Hall–Kier alpha value is -2.98. The topological polar surface area (TPSA) is 75.2 Å². The third-order valence-electron chi connectivity index (χ3n) is 6.31. The van der Waals surface area contributed by atoms with Crippen LogP contribution in [-0.4, -0.2) is 39.4 Å². The zero-order chi connectivity index (χ0) is 24.1. The van der Waals surface area contributed by atoms with Gasteiger partial charge in [0.15, 0.2) is 0 Å². The molecular weight excluding hydrogens is 489 g/mol. The van der Waals surface area contributed by atoms with Crippen LogP contribution in [0.4, 0.5) is 18.9 Å². The van der Waals surface area contributed by atoms with Crippen LogP contribution < -0.4 is 10.2 Å². The van der Waals surface area contributed by atoms with Crippen LogP contribution in [-0.2, 0) is 9.59 Å². The Labute approximate surface area is 201 Å². The van der Waals surface area contributed by atoms with Gasteiger partial charge in [0.05, 0.1) is 5.41 Å². The third-order valence-corrected chi connectivity index (χ3v) is 7.42. The molecule has 0 aliphatic heterocycles. The van der Waals surface area contributed by atoms with E-state index in [4.69, 9.17) is 11.6 Å². The van der Waals surface area contributed by atoms with Gasteiger partial charge in [0.2, 0.25) is 5.91 Å². The summed E-state index contributed by atoms with van der Waals surface area (Å²) in [4.78, 5) is 36.0. The fraction of sp³-hybridized carbons (Fsp3) is 0.304. The number of aromatic nitrogens is 2. The summed E-state index contributed by atoms with van der Waals surface area (Å²) in [6, 6.07) is 8.30. The van der Waals surface area contributed by atoms with Crippen molar-refractivity contribution in [2.45, 2.75) is 36.5 Å². The van der Waals surface area contributed by atoms with E-state index in [1.165, 1.54) is 30.1 Å². The van der Waals surface area contributed by atoms with E-state index >= 15 is 0 Å². The molecule has 0 saturated heterocycles. The number of nitrogens with one attached hydrogen (secondary N) is 1. The van der Waals surface area contributed by atoms with Crippen molar-refractivity contribution in [3.63, 3.8) is 0 Å². The van der Waals surface area contributed by atoms with Crippen molar-refractivity contribution in [3.8, 4) is 10.4 Å². The van der Waals surface area contributed by atoms with E-state index in [0.29, 0.717) is 0 Å². The molecule has 0 bridgehead atoms. The first kappa shape index (κ1) is 22.8. The molecule has 1 aromatic carbocycles. The highest BCUT2D eigenvalue weighted by Gasteiger charge is 2.84. The molecule has 2 heterocycles. The minimum atomic E-state index is -2.82. The van der Waals surface area contributed by atoms with Crippen molar-refractivity contribution >= 4 is 40.4 Å². The van der Waals surface area contributed by atoms with Gasteiger partial charge >= 0.3 is 0 Å². The Bertz CT molecular complexity index is 1210. The highest BCUT2D eigenvalue weighted by molar-refractivity contribution is 7.13. The number of hydrogen-bond acceptors (Lipinski definition) is 5. The van der Waals surface area contributed by atoms with E-state index in [2.05, 4.69) is 15.3 Å². The molecule has 2 aromatic heterocycles. The van der Waals surface area contributed by atoms with Crippen LogP contribution in [0.2, 0.25) is 0 Å². The fourth-order valence-corrected chi connectivity index (χ4v) is 5.14. The second-order valence-corrected chi connectivity index (χ2v) is 9.74. The first-order valence-electron chi connectivity index (χ1n) is 10.4. The van der Waals surface area contributed by atoms with Gasteiger partial charge in [-0.2, -0.15) is 0 Å². The summed E-state index contributed by atoms with van der Waals surface area (Å²) >= 11 is 7.04. The largest absolute Gasteiger partial charge is 0.350 e. The molecule has 11 heteroatoms. The van der Waals surface area contributed by atoms with E-state index in [-0.39, 0.29) is 24.1 Å². The van der Waals surface area contributed by atoms with Crippen molar-refractivity contribution in [2.24, 2.45) is 5.41 Å². The molecule has 4 atom stereocenters. The first-order valence-corrected chi connectivity index (χ1v) is 11.7. The minimum absolute atomic E-state index is 0.147. The van der Waals surface area contributed by atoms with Crippen LogP contribution in [0.1, 0.15) is 24.4 Å². The van der Waals surface area contributed by atoms with Crippen molar-refractivity contribution in [3.05, 3.63) is 66.1 Å². The Morgan fingerprint density at radius 2 is 1.85 bits per heavy atom. The lowest BCUT2D eigenvalue weighted by Gasteiger charge is -2.31. The molecule has 2 aliphatic rings. The highest BCUT2D eigenvalue weighted by Crippen LogP contribution is 2.75. The molecule has 2 aliphatic carbocycles. The van der Waals surface area contributed by atoms with Gasteiger partial charge in [-0.1, -0.05) is 29.8 Å². The van der Waals surface area contributed by atoms with Crippen molar-refractivity contribution < 1.29 is 22.8 Å². The molecule has 6 nitrogen and oxygen atoms in total. The summed E-state index contributed by atoms with van der Waals surface area (Å²) in [7, 11) is 0. The van der Waals surface area contributed by atoms with Crippen LogP contribution >= 0.6 is 22.9 Å². The minimum Gasteiger partial charge on any atom is -0.350 e. The van der Waals surface area contributed by atoms with Gasteiger partial charge in [0.1, 0.15) is 12.4 Å². The molecule has 0 radical (unpaired) electrons. The second-order valence-electron chi connectivity index (χ2n) is 8.41. The summed E-state index contributed by atoms with van der Waals surface area (Å²) < 4.78 is 41.5. The molecular formula is C23H18ClF3N4O2S. The Morgan fingerprint density at radius 1 is 1.18 bits per heavy atom. The van der Waals surface area contributed by atoms with E-state index in [0.717, 1.165) is 15.3 Å². The van der Waals surface area contributed by atoms with Crippen molar-refractivity contribution in [2.75, 3.05) is 4.90 Å². The number of anilines is 1. The van der Waals surface area contributed by atoms with Gasteiger partial charge in [-0.15, -0.1) is 11.3 Å². The van der Waals surface area contributed by atoms with Crippen molar-refractivity contribution in [1.82, 2.24) is 15.3 Å². The molecule has 34 heavy (non-hydrogen) atoms. The lowest BCUT2D eigenvalue weighted by molar-refractivity contribution is -0.127. The van der Waals surface area contributed by atoms with Gasteiger partial charge in [0.25, 0.3) is 17.5 Å². The smallest absolute Gasteiger partial charge is 0.278 e. The molecule has 1 spiro atoms. The van der Waals surface area contributed by atoms with Crippen LogP contribution in [0.25, 0.3) is 10.4 Å². The highest BCUT2D eigenvalue weighted by atomic mass is 35.5. The maximum atomic E-state index is 14.1. The number of rotatable bonds is 7. The zero-order valence-electron chi connectivity index (χ0n) is 17.5. The summed E-state index contributed by atoms with van der Waals surface area (Å²) in [5.41, 5.74) is -2.39.